The van der Waals surface area contributed by atoms with E-state index in [1.54, 1.807) is 12.1 Å². The van der Waals surface area contributed by atoms with Crippen LogP contribution in [0.5, 0.6) is 5.75 Å². The SMILES string of the molecule is CC(C)NCC(C)NCc1ccc(OC(F)(F)F)cc1. The minimum atomic E-state index is -4.64. The van der Waals surface area contributed by atoms with E-state index in [4.69, 9.17) is 0 Å². The molecule has 6 heteroatoms. The van der Waals surface area contributed by atoms with Crippen LogP contribution in [0.4, 0.5) is 13.2 Å². The van der Waals surface area contributed by atoms with Gasteiger partial charge >= 0.3 is 6.36 Å². The van der Waals surface area contributed by atoms with Crippen molar-refractivity contribution < 1.29 is 17.9 Å². The number of hydrogen-bond acceptors (Lipinski definition) is 3. The Kier molecular flexibility index (Phi) is 6.29. The van der Waals surface area contributed by atoms with Crippen LogP contribution >= 0.6 is 0 Å². The summed E-state index contributed by atoms with van der Waals surface area (Å²) in [4.78, 5) is 0. The van der Waals surface area contributed by atoms with Crippen LogP contribution in [0, 0.1) is 0 Å². The number of alkyl halides is 3. The number of ether oxygens (including phenoxy) is 1. The van der Waals surface area contributed by atoms with Gasteiger partial charge in [-0.1, -0.05) is 26.0 Å². The summed E-state index contributed by atoms with van der Waals surface area (Å²) >= 11 is 0. The quantitative estimate of drug-likeness (QED) is 0.809. The van der Waals surface area contributed by atoms with Gasteiger partial charge in [0.15, 0.2) is 0 Å². The van der Waals surface area contributed by atoms with Crippen molar-refractivity contribution in [2.75, 3.05) is 6.54 Å². The van der Waals surface area contributed by atoms with Gasteiger partial charge in [0.2, 0.25) is 0 Å². The molecular weight excluding hydrogens is 269 g/mol. The van der Waals surface area contributed by atoms with Crippen molar-refractivity contribution in [3.05, 3.63) is 29.8 Å². The minimum Gasteiger partial charge on any atom is -0.406 e. The lowest BCUT2D eigenvalue weighted by Gasteiger charge is -2.16. The maximum atomic E-state index is 12.0. The number of rotatable bonds is 7. The number of hydrogen-bond donors (Lipinski definition) is 2. The Hall–Kier alpha value is -1.27. The van der Waals surface area contributed by atoms with E-state index in [0.717, 1.165) is 12.1 Å². The van der Waals surface area contributed by atoms with E-state index in [1.807, 2.05) is 0 Å². The highest BCUT2D eigenvalue weighted by Gasteiger charge is 2.30. The lowest BCUT2D eigenvalue weighted by Crippen LogP contribution is -2.38. The Balaban J connectivity index is 2.38. The third-order valence-electron chi connectivity index (χ3n) is 2.64. The van der Waals surface area contributed by atoms with E-state index in [2.05, 4.69) is 36.1 Å². The monoisotopic (exact) mass is 290 g/mol. The second-order valence-corrected chi connectivity index (χ2v) is 5.04. The molecule has 1 aromatic carbocycles. The molecule has 0 fully saturated rings. The van der Waals surface area contributed by atoms with Crippen LogP contribution in [0.3, 0.4) is 0 Å². The lowest BCUT2D eigenvalue weighted by molar-refractivity contribution is -0.274. The fraction of sp³-hybridized carbons (Fsp3) is 0.571. The molecule has 20 heavy (non-hydrogen) atoms. The summed E-state index contributed by atoms with van der Waals surface area (Å²) in [6.45, 7) is 7.65. The van der Waals surface area contributed by atoms with Crippen LogP contribution in [-0.4, -0.2) is 25.0 Å². The molecule has 0 aliphatic rings. The first-order chi connectivity index (χ1) is 9.26. The molecule has 1 aromatic rings. The zero-order chi connectivity index (χ0) is 15.2. The van der Waals surface area contributed by atoms with Crippen molar-refractivity contribution in [1.29, 1.82) is 0 Å². The summed E-state index contributed by atoms with van der Waals surface area (Å²) in [5, 5.41) is 6.61. The second kappa shape index (κ2) is 7.50. The number of benzene rings is 1. The number of halogens is 3. The minimum absolute atomic E-state index is 0.198. The summed E-state index contributed by atoms with van der Waals surface area (Å²) in [6.07, 6.45) is -4.64. The molecule has 3 nitrogen and oxygen atoms in total. The molecule has 1 rings (SSSR count). The van der Waals surface area contributed by atoms with Gasteiger partial charge in [-0.2, -0.15) is 0 Å². The average Bonchev–Trinajstić information content (AvgIpc) is 2.33. The van der Waals surface area contributed by atoms with E-state index in [0.29, 0.717) is 12.6 Å². The van der Waals surface area contributed by atoms with Gasteiger partial charge < -0.3 is 15.4 Å². The molecule has 0 saturated carbocycles. The molecule has 0 amide bonds. The maximum absolute atomic E-state index is 12.0. The molecule has 1 unspecified atom stereocenters. The highest BCUT2D eigenvalue weighted by atomic mass is 19.4. The largest absolute Gasteiger partial charge is 0.573 e. The van der Waals surface area contributed by atoms with E-state index >= 15 is 0 Å². The third kappa shape index (κ3) is 7.35. The normalized spacial score (nSPS) is 13.6. The fourth-order valence-corrected chi connectivity index (χ4v) is 1.59. The molecule has 0 spiro atoms. The predicted molar refractivity (Wildman–Crippen MR) is 72.6 cm³/mol. The first-order valence-corrected chi connectivity index (χ1v) is 6.57. The zero-order valence-corrected chi connectivity index (χ0v) is 11.9. The van der Waals surface area contributed by atoms with Crippen molar-refractivity contribution in [3.8, 4) is 5.75 Å². The Labute approximate surface area is 117 Å². The highest BCUT2D eigenvalue weighted by Crippen LogP contribution is 2.22. The Morgan fingerprint density at radius 1 is 1.05 bits per heavy atom. The standard InChI is InChI=1S/C14H21F3N2O/c1-10(2)18-8-11(3)19-9-12-4-6-13(7-5-12)20-14(15,16)17/h4-7,10-11,18-19H,8-9H2,1-3H3. The van der Waals surface area contributed by atoms with Crippen molar-refractivity contribution in [1.82, 2.24) is 10.6 Å². The van der Waals surface area contributed by atoms with Crippen molar-refractivity contribution in [3.63, 3.8) is 0 Å². The smallest absolute Gasteiger partial charge is 0.406 e. The van der Waals surface area contributed by atoms with E-state index in [-0.39, 0.29) is 11.8 Å². The van der Waals surface area contributed by atoms with Crippen LogP contribution in [0.2, 0.25) is 0 Å². The summed E-state index contributed by atoms with van der Waals surface area (Å²) in [5.74, 6) is -0.198. The van der Waals surface area contributed by atoms with Crippen LogP contribution in [0.25, 0.3) is 0 Å². The predicted octanol–water partition coefficient (Wildman–Crippen LogP) is 3.06. The van der Waals surface area contributed by atoms with E-state index < -0.39 is 6.36 Å². The molecule has 114 valence electrons. The molecule has 0 aliphatic carbocycles. The Morgan fingerprint density at radius 3 is 2.15 bits per heavy atom. The summed E-state index contributed by atoms with van der Waals surface area (Å²) in [6, 6.07) is 6.60. The van der Waals surface area contributed by atoms with Gasteiger partial charge in [-0.3, -0.25) is 0 Å². The summed E-state index contributed by atoms with van der Waals surface area (Å²) in [5.41, 5.74) is 0.913. The summed E-state index contributed by atoms with van der Waals surface area (Å²) in [7, 11) is 0. The van der Waals surface area contributed by atoms with E-state index in [1.165, 1.54) is 12.1 Å². The molecule has 0 saturated heterocycles. The molecule has 2 N–H and O–H groups in total. The Bertz CT molecular complexity index is 390. The molecule has 0 radical (unpaired) electrons. The fourth-order valence-electron chi connectivity index (χ4n) is 1.59. The molecule has 1 atom stereocenters. The first kappa shape index (κ1) is 16.8. The molecule has 0 aliphatic heterocycles. The first-order valence-electron chi connectivity index (χ1n) is 6.57. The van der Waals surface area contributed by atoms with Crippen LogP contribution in [0.15, 0.2) is 24.3 Å². The number of nitrogens with one attached hydrogen (secondary N) is 2. The zero-order valence-electron chi connectivity index (χ0n) is 11.9. The van der Waals surface area contributed by atoms with Gasteiger partial charge in [0.05, 0.1) is 0 Å². The Morgan fingerprint density at radius 2 is 1.65 bits per heavy atom. The summed E-state index contributed by atoms with van der Waals surface area (Å²) < 4.78 is 39.8. The van der Waals surface area contributed by atoms with Crippen LogP contribution in [0.1, 0.15) is 26.3 Å². The third-order valence-corrected chi connectivity index (χ3v) is 2.64. The molecule has 0 bridgehead atoms. The maximum Gasteiger partial charge on any atom is 0.573 e. The lowest BCUT2D eigenvalue weighted by atomic mass is 10.2. The van der Waals surface area contributed by atoms with Gasteiger partial charge in [0, 0.05) is 25.2 Å². The highest BCUT2D eigenvalue weighted by molar-refractivity contribution is 5.27. The second-order valence-electron chi connectivity index (χ2n) is 5.04. The van der Waals surface area contributed by atoms with Crippen molar-refractivity contribution in [2.45, 2.75) is 45.8 Å². The van der Waals surface area contributed by atoms with Gasteiger partial charge in [-0.15, -0.1) is 13.2 Å². The van der Waals surface area contributed by atoms with Gasteiger partial charge in [-0.05, 0) is 24.6 Å². The van der Waals surface area contributed by atoms with Crippen molar-refractivity contribution >= 4 is 0 Å². The van der Waals surface area contributed by atoms with Gasteiger partial charge in [-0.25, -0.2) is 0 Å². The molecule has 0 aromatic heterocycles. The van der Waals surface area contributed by atoms with Crippen molar-refractivity contribution in [2.24, 2.45) is 0 Å². The molecule has 0 heterocycles. The van der Waals surface area contributed by atoms with Gasteiger partial charge in [0.1, 0.15) is 5.75 Å². The van der Waals surface area contributed by atoms with Gasteiger partial charge in [0.25, 0.3) is 0 Å². The van der Waals surface area contributed by atoms with E-state index in [9.17, 15) is 13.2 Å². The average molecular weight is 290 g/mol. The topological polar surface area (TPSA) is 33.3 Å². The molecular formula is C14H21F3N2O. The van der Waals surface area contributed by atoms with Crippen LogP contribution < -0.4 is 15.4 Å². The van der Waals surface area contributed by atoms with Crippen LogP contribution in [-0.2, 0) is 6.54 Å².